The highest BCUT2D eigenvalue weighted by molar-refractivity contribution is 4.87. The molecule has 2 rings (SSSR count). The Bertz CT molecular complexity index is 223. The average Bonchev–Trinajstić information content (AvgIpc) is 3.12. The monoisotopic (exact) mass is 252 g/mol. The van der Waals surface area contributed by atoms with Crippen LogP contribution in [0.2, 0.25) is 0 Å². The third kappa shape index (κ3) is 4.24. The predicted molar refractivity (Wildman–Crippen MR) is 78.9 cm³/mol. The fraction of sp³-hybridized carbons (Fsp3) is 1.00. The van der Waals surface area contributed by atoms with Gasteiger partial charge in [0.15, 0.2) is 0 Å². The van der Waals surface area contributed by atoms with Gasteiger partial charge in [-0.2, -0.15) is 0 Å². The van der Waals surface area contributed by atoms with E-state index in [2.05, 4.69) is 24.1 Å². The number of hydrogen-bond acceptors (Lipinski definition) is 2. The van der Waals surface area contributed by atoms with Crippen LogP contribution in [0.1, 0.15) is 65.2 Å². The molecule has 0 radical (unpaired) electrons. The summed E-state index contributed by atoms with van der Waals surface area (Å²) < 4.78 is 0. The number of nitrogens with zero attached hydrogens (tertiary/aromatic N) is 1. The van der Waals surface area contributed by atoms with E-state index in [0.29, 0.717) is 0 Å². The van der Waals surface area contributed by atoms with Crippen LogP contribution in [0.25, 0.3) is 0 Å². The van der Waals surface area contributed by atoms with Crippen molar-refractivity contribution in [3.63, 3.8) is 0 Å². The SMILES string of the molecule is CCCCN(CCC1CCCC1NCC)C1CC1. The van der Waals surface area contributed by atoms with Crippen LogP contribution in [-0.2, 0) is 0 Å². The molecule has 0 saturated heterocycles. The van der Waals surface area contributed by atoms with Crippen LogP contribution in [0.5, 0.6) is 0 Å². The van der Waals surface area contributed by atoms with Gasteiger partial charge < -0.3 is 10.2 Å². The number of unbranched alkanes of at least 4 members (excludes halogenated alkanes) is 1. The molecular weight excluding hydrogens is 220 g/mol. The van der Waals surface area contributed by atoms with E-state index in [1.807, 2.05) is 0 Å². The molecule has 2 heteroatoms. The van der Waals surface area contributed by atoms with Crippen LogP contribution in [-0.4, -0.2) is 36.6 Å². The zero-order valence-corrected chi connectivity index (χ0v) is 12.5. The standard InChI is InChI=1S/C16H32N2/c1-3-5-12-18(15-9-10-15)13-11-14-7-6-8-16(14)17-4-2/h14-17H,3-13H2,1-2H3. The molecule has 0 aliphatic heterocycles. The van der Waals surface area contributed by atoms with Crippen LogP contribution in [0.4, 0.5) is 0 Å². The highest BCUT2D eigenvalue weighted by Crippen LogP contribution is 2.31. The highest BCUT2D eigenvalue weighted by atomic mass is 15.2. The van der Waals surface area contributed by atoms with E-state index >= 15 is 0 Å². The third-order valence-electron chi connectivity index (χ3n) is 4.77. The van der Waals surface area contributed by atoms with Gasteiger partial charge >= 0.3 is 0 Å². The Kier molecular flexibility index (Phi) is 5.97. The van der Waals surface area contributed by atoms with Crippen molar-refractivity contribution in [2.45, 2.75) is 77.3 Å². The minimum atomic E-state index is 0.822. The lowest BCUT2D eigenvalue weighted by Gasteiger charge is -2.26. The molecule has 0 aromatic carbocycles. The third-order valence-corrected chi connectivity index (χ3v) is 4.77. The molecule has 0 bridgehead atoms. The van der Waals surface area contributed by atoms with Gasteiger partial charge in [-0.3, -0.25) is 0 Å². The van der Waals surface area contributed by atoms with Crippen LogP contribution in [0, 0.1) is 5.92 Å². The largest absolute Gasteiger partial charge is 0.314 e. The summed E-state index contributed by atoms with van der Waals surface area (Å²) in [4.78, 5) is 2.78. The van der Waals surface area contributed by atoms with E-state index in [1.54, 1.807) is 0 Å². The molecule has 0 heterocycles. The molecule has 0 aromatic rings. The molecule has 106 valence electrons. The van der Waals surface area contributed by atoms with Crippen LogP contribution in [0.3, 0.4) is 0 Å². The van der Waals surface area contributed by atoms with Crippen molar-refractivity contribution in [3.05, 3.63) is 0 Å². The molecule has 0 spiro atoms. The van der Waals surface area contributed by atoms with E-state index in [9.17, 15) is 0 Å². The van der Waals surface area contributed by atoms with Crippen molar-refractivity contribution in [3.8, 4) is 0 Å². The number of rotatable bonds is 9. The molecule has 2 saturated carbocycles. The zero-order chi connectivity index (χ0) is 12.8. The summed E-state index contributed by atoms with van der Waals surface area (Å²) in [7, 11) is 0. The summed E-state index contributed by atoms with van der Waals surface area (Å²) in [5, 5.41) is 3.69. The van der Waals surface area contributed by atoms with Gasteiger partial charge in [0.25, 0.3) is 0 Å². The van der Waals surface area contributed by atoms with E-state index in [0.717, 1.165) is 24.5 Å². The fourth-order valence-electron chi connectivity index (χ4n) is 3.52. The summed E-state index contributed by atoms with van der Waals surface area (Å²) in [6.45, 7) is 8.40. The minimum absolute atomic E-state index is 0.822. The number of nitrogens with one attached hydrogen (secondary N) is 1. The van der Waals surface area contributed by atoms with Crippen LogP contribution in [0.15, 0.2) is 0 Å². The maximum atomic E-state index is 3.69. The molecule has 0 amide bonds. The Hall–Kier alpha value is -0.0800. The lowest BCUT2D eigenvalue weighted by atomic mass is 9.99. The van der Waals surface area contributed by atoms with Crippen molar-refractivity contribution in [1.82, 2.24) is 10.2 Å². The maximum Gasteiger partial charge on any atom is 0.00964 e. The maximum absolute atomic E-state index is 3.69. The second-order valence-electron chi connectivity index (χ2n) is 6.26. The molecule has 18 heavy (non-hydrogen) atoms. The van der Waals surface area contributed by atoms with Gasteiger partial charge in [0.05, 0.1) is 0 Å². The quantitative estimate of drug-likeness (QED) is 0.676. The van der Waals surface area contributed by atoms with Crippen LogP contribution >= 0.6 is 0 Å². The molecular formula is C16H32N2. The molecule has 0 aromatic heterocycles. The zero-order valence-electron chi connectivity index (χ0n) is 12.5. The molecule has 1 N–H and O–H groups in total. The Labute approximate surface area is 114 Å². The highest BCUT2D eigenvalue weighted by Gasteiger charge is 2.31. The first-order valence-electron chi connectivity index (χ1n) is 8.32. The van der Waals surface area contributed by atoms with Crippen molar-refractivity contribution < 1.29 is 0 Å². The van der Waals surface area contributed by atoms with Gasteiger partial charge in [-0.1, -0.05) is 26.7 Å². The van der Waals surface area contributed by atoms with Crippen LogP contribution < -0.4 is 5.32 Å². The smallest absolute Gasteiger partial charge is 0.00964 e. The molecule has 2 unspecified atom stereocenters. The summed E-state index contributed by atoms with van der Waals surface area (Å²) in [5.41, 5.74) is 0. The van der Waals surface area contributed by atoms with Crippen molar-refractivity contribution in [1.29, 1.82) is 0 Å². The first-order valence-corrected chi connectivity index (χ1v) is 8.32. The summed E-state index contributed by atoms with van der Waals surface area (Å²) in [6, 6.07) is 1.78. The Morgan fingerprint density at radius 1 is 1.06 bits per heavy atom. The Balaban J connectivity index is 1.70. The predicted octanol–water partition coefficient (Wildman–Crippen LogP) is 3.42. The van der Waals surface area contributed by atoms with Crippen molar-refractivity contribution >= 4 is 0 Å². The fourth-order valence-corrected chi connectivity index (χ4v) is 3.52. The van der Waals surface area contributed by atoms with Crippen molar-refractivity contribution in [2.24, 2.45) is 5.92 Å². The van der Waals surface area contributed by atoms with E-state index in [1.165, 1.54) is 64.5 Å². The first kappa shape index (κ1) is 14.3. The topological polar surface area (TPSA) is 15.3 Å². The van der Waals surface area contributed by atoms with Gasteiger partial charge in [-0.25, -0.2) is 0 Å². The molecule has 2 aliphatic carbocycles. The van der Waals surface area contributed by atoms with Gasteiger partial charge in [0, 0.05) is 12.1 Å². The molecule has 2 aliphatic rings. The Morgan fingerprint density at radius 3 is 2.56 bits per heavy atom. The summed E-state index contributed by atoms with van der Waals surface area (Å²) in [6.07, 6.45) is 11.4. The average molecular weight is 252 g/mol. The first-order chi connectivity index (χ1) is 8.85. The molecule has 2 nitrogen and oxygen atoms in total. The van der Waals surface area contributed by atoms with E-state index in [-0.39, 0.29) is 0 Å². The second-order valence-corrected chi connectivity index (χ2v) is 6.26. The Morgan fingerprint density at radius 2 is 1.89 bits per heavy atom. The lowest BCUT2D eigenvalue weighted by Crippen LogP contribution is -2.35. The normalized spacial score (nSPS) is 28.2. The summed E-state index contributed by atoms with van der Waals surface area (Å²) >= 11 is 0. The van der Waals surface area contributed by atoms with Gasteiger partial charge in [-0.15, -0.1) is 0 Å². The summed E-state index contributed by atoms with van der Waals surface area (Å²) in [5.74, 6) is 0.952. The van der Waals surface area contributed by atoms with Gasteiger partial charge in [0.2, 0.25) is 0 Å². The van der Waals surface area contributed by atoms with Gasteiger partial charge in [0.1, 0.15) is 0 Å². The number of hydrogen-bond donors (Lipinski definition) is 1. The minimum Gasteiger partial charge on any atom is -0.314 e. The molecule has 2 atom stereocenters. The second kappa shape index (κ2) is 7.49. The van der Waals surface area contributed by atoms with Gasteiger partial charge in [-0.05, 0) is 64.1 Å². The molecule has 2 fully saturated rings. The lowest BCUT2D eigenvalue weighted by molar-refractivity contribution is 0.229. The van der Waals surface area contributed by atoms with E-state index < -0.39 is 0 Å². The van der Waals surface area contributed by atoms with Crippen molar-refractivity contribution in [2.75, 3.05) is 19.6 Å². The van der Waals surface area contributed by atoms with E-state index in [4.69, 9.17) is 0 Å².